The summed E-state index contributed by atoms with van der Waals surface area (Å²) in [6, 6.07) is 0.627. The van der Waals surface area contributed by atoms with E-state index in [0.29, 0.717) is 6.04 Å². The fourth-order valence-electron chi connectivity index (χ4n) is 1.35. The number of nitrogens with one attached hydrogen (secondary N) is 1. The normalized spacial score (nSPS) is 16.9. The molecule has 0 aromatic heterocycles. The zero-order valence-corrected chi connectivity index (χ0v) is 8.52. The molecule has 0 amide bonds. The first-order valence-electron chi connectivity index (χ1n) is 4.43. The van der Waals surface area contributed by atoms with Gasteiger partial charge in [0.2, 0.25) is 0 Å². The molecule has 0 aliphatic rings. The standard InChI is InChI=1S/C9H22N2/c1-6-9(7-11(4)5)8(2)10-3/h8-10H,6-7H2,1-5H3. The van der Waals surface area contributed by atoms with Crippen LogP contribution in [0, 0.1) is 5.92 Å². The minimum Gasteiger partial charge on any atom is -0.317 e. The van der Waals surface area contributed by atoms with E-state index in [9.17, 15) is 0 Å². The summed E-state index contributed by atoms with van der Waals surface area (Å²) in [5.41, 5.74) is 0. The van der Waals surface area contributed by atoms with E-state index in [1.807, 2.05) is 7.05 Å². The third kappa shape index (κ3) is 4.38. The Labute approximate surface area is 71.0 Å². The summed E-state index contributed by atoms with van der Waals surface area (Å²) in [6.45, 7) is 5.68. The zero-order chi connectivity index (χ0) is 8.85. The molecule has 2 heteroatoms. The monoisotopic (exact) mass is 158 g/mol. The molecule has 0 rings (SSSR count). The molecular weight excluding hydrogens is 136 g/mol. The molecule has 0 saturated heterocycles. The first-order chi connectivity index (χ1) is 5.11. The molecule has 0 aliphatic heterocycles. The van der Waals surface area contributed by atoms with E-state index in [-0.39, 0.29) is 0 Å². The summed E-state index contributed by atoms with van der Waals surface area (Å²) >= 11 is 0. The number of nitrogens with zero attached hydrogens (tertiary/aromatic N) is 1. The Morgan fingerprint density at radius 1 is 1.36 bits per heavy atom. The summed E-state index contributed by atoms with van der Waals surface area (Å²) in [7, 11) is 6.29. The zero-order valence-electron chi connectivity index (χ0n) is 8.52. The molecule has 0 fully saturated rings. The molecule has 0 bridgehead atoms. The molecule has 0 aromatic carbocycles. The van der Waals surface area contributed by atoms with Crippen molar-refractivity contribution < 1.29 is 0 Å². The van der Waals surface area contributed by atoms with Gasteiger partial charge >= 0.3 is 0 Å². The van der Waals surface area contributed by atoms with E-state index < -0.39 is 0 Å². The average Bonchev–Trinajstić information content (AvgIpc) is 1.98. The van der Waals surface area contributed by atoms with Gasteiger partial charge in [0, 0.05) is 12.6 Å². The lowest BCUT2D eigenvalue weighted by atomic mass is 9.98. The third-order valence-corrected chi connectivity index (χ3v) is 2.29. The van der Waals surface area contributed by atoms with Gasteiger partial charge in [0.25, 0.3) is 0 Å². The summed E-state index contributed by atoms with van der Waals surface area (Å²) < 4.78 is 0. The van der Waals surface area contributed by atoms with Crippen LogP contribution in [0.4, 0.5) is 0 Å². The van der Waals surface area contributed by atoms with Gasteiger partial charge in [-0.3, -0.25) is 0 Å². The molecule has 2 atom stereocenters. The van der Waals surface area contributed by atoms with Crippen molar-refractivity contribution in [2.45, 2.75) is 26.3 Å². The number of hydrogen-bond acceptors (Lipinski definition) is 2. The lowest BCUT2D eigenvalue weighted by Gasteiger charge is -2.25. The second-order valence-corrected chi connectivity index (χ2v) is 3.51. The van der Waals surface area contributed by atoms with Gasteiger partial charge in [-0.1, -0.05) is 13.3 Å². The van der Waals surface area contributed by atoms with Crippen molar-refractivity contribution in [3.05, 3.63) is 0 Å². The lowest BCUT2D eigenvalue weighted by molar-refractivity contribution is 0.273. The Morgan fingerprint density at radius 2 is 1.91 bits per heavy atom. The van der Waals surface area contributed by atoms with Gasteiger partial charge < -0.3 is 10.2 Å². The lowest BCUT2D eigenvalue weighted by Crippen LogP contribution is -2.36. The molecule has 0 saturated carbocycles. The van der Waals surface area contributed by atoms with Crippen LogP contribution in [0.2, 0.25) is 0 Å². The van der Waals surface area contributed by atoms with Crippen LogP contribution in [0.3, 0.4) is 0 Å². The Hall–Kier alpha value is -0.0800. The Morgan fingerprint density at radius 3 is 2.18 bits per heavy atom. The predicted octanol–water partition coefficient (Wildman–Crippen LogP) is 1.18. The Kier molecular flexibility index (Phi) is 5.51. The van der Waals surface area contributed by atoms with E-state index in [1.165, 1.54) is 13.0 Å². The summed E-state index contributed by atoms with van der Waals surface area (Å²) in [5.74, 6) is 0.773. The van der Waals surface area contributed by atoms with Crippen molar-refractivity contribution in [3.8, 4) is 0 Å². The molecule has 68 valence electrons. The van der Waals surface area contributed by atoms with Crippen molar-refractivity contribution >= 4 is 0 Å². The number of rotatable bonds is 5. The summed E-state index contributed by atoms with van der Waals surface area (Å²) in [4.78, 5) is 2.25. The molecule has 0 heterocycles. The van der Waals surface area contributed by atoms with Gasteiger partial charge in [-0.2, -0.15) is 0 Å². The first kappa shape index (κ1) is 10.9. The molecule has 1 N–H and O–H groups in total. The molecule has 2 unspecified atom stereocenters. The van der Waals surface area contributed by atoms with Gasteiger partial charge in [0.15, 0.2) is 0 Å². The Balaban J connectivity index is 3.74. The van der Waals surface area contributed by atoms with Crippen molar-refractivity contribution in [2.24, 2.45) is 5.92 Å². The van der Waals surface area contributed by atoms with Crippen molar-refractivity contribution in [1.29, 1.82) is 0 Å². The van der Waals surface area contributed by atoms with E-state index in [1.54, 1.807) is 0 Å². The highest BCUT2D eigenvalue weighted by molar-refractivity contribution is 4.71. The van der Waals surface area contributed by atoms with E-state index in [0.717, 1.165) is 5.92 Å². The summed E-state index contributed by atoms with van der Waals surface area (Å²) in [5, 5.41) is 3.29. The number of hydrogen-bond donors (Lipinski definition) is 1. The highest BCUT2D eigenvalue weighted by atomic mass is 15.1. The quantitative estimate of drug-likeness (QED) is 0.646. The van der Waals surface area contributed by atoms with Crippen LogP contribution in [-0.4, -0.2) is 38.6 Å². The predicted molar refractivity (Wildman–Crippen MR) is 50.9 cm³/mol. The summed E-state index contributed by atoms with van der Waals surface area (Å²) in [6.07, 6.45) is 1.25. The van der Waals surface area contributed by atoms with Gasteiger partial charge in [0.05, 0.1) is 0 Å². The van der Waals surface area contributed by atoms with Gasteiger partial charge in [-0.05, 0) is 34.0 Å². The van der Waals surface area contributed by atoms with Crippen molar-refractivity contribution in [2.75, 3.05) is 27.7 Å². The molecular formula is C9H22N2. The van der Waals surface area contributed by atoms with E-state index in [4.69, 9.17) is 0 Å². The van der Waals surface area contributed by atoms with Crippen LogP contribution in [0.25, 0.3) is 0 Å². The maximum absolute atomic E-state index is 3.29. The molecule has 0 aromatic rings. The molecule has 0 aliphatic carbocycles. The topological polar surface area (TPSA) is 15.3 Å². The highest BCUT2D eigenvalue weighted by Gasteiger charge is 2.13. The fourth-order valence-corrected chi connectivity index (χ4v) is 1.35. The maximum atomic E-state index is 3.29. The fraction of sp³-hybridized carbons (Fsp3) is 1.00. The minimum atomic E-state index is 0.627. The van der Waals surface area contributed by atoms with Crippen LogP contribution >= 0.6 is 0 Å². The smallest absolute Gasteiger partial charge is 0.00761 e. The third-order valence-electron chi connectivity index (χ3n) is 2.29. The largest absolute Gasteiger partial charge is 0.317 e. The molecule has 0 spiro atoms. The molecule has 2 nitrogen and oxygen atoms in total. The van der Waals surface area contributed by atoms with Crippen LogP contribution in [-0.2, 0) is 0 Å². The van der Waals surface area contributed by atoms with Gasteiger partial charge in [0.1, 0.15) is 0 Å². The Bertz CT molecular complexity index is 91.6. The van der Waals surface area contributed by atoms with Gasteiger partial charge in [-0.15, -0.1) is 0 Å². The second kappa shape index (κ2) is 5.56. The van der Waals surface area contributed by atoms with Crippen molar-refractivity contribution in [1.82, 2.24) is 10.2 Å². The maximum Gasteiger partial charge on any atom is 0.00761 e. The average molecular weight is 158 g/mol. The highest BCUT2D eigenvalue weighted by Crippen LogP contribution is 2.08. The van der Waals surface area contributed by atoms with Crippen LogP contribution in [0.5, 0.6) is 0 Å². The van der Waals surface area contributed by atoms with Crippen LogP contribution in [0.1, 0.15) is 20.3 Å². The van der Waals surface area contributed by atoms with Crippen molar-refractivity contribution in [3.63, 3.8) is 0 Å². The van der Waals surface area contributed by atoms with E-state index >= 15 is 0 Å². The second-order valence-electron chi connectivity index (χ2n) is 3.51. The van der Waals surface area contributed by atoms with Crippen LogP contribution in [0.15, 0.2) is 0 Å². The van der Waals surface area contributed by atoms with Gasteiger partial charge in [-0.25, -0.2) is 0 Å². The SMILES string of the molecule is CCC(CN(C)C)C(C)NC. The van der Waals surface area contributed by atoms with E-state index in [2.05, 4.69) is 38.2 Å². The minimum absolute atomic E-state index is 0.627. The molecule has 11 heavy (non-hydrogen) atoms. The first-order valence-corrected chi connectivity index (χ1v) is 4.43. The van der Waals surface area contributed by atoms with Crippen LogP contribution < -0.4 is 5.32 Å². The molecule has 0 radical (unpaired) electrons.